The van der Waals surface area contributed by atoms with Gasteiger partial charge in [-0.15, -0.1) is 0 Å². The zero-order valence-corrected chi connectivity index (χ0v) is 5.29. The Bertz CT molecular complexity index is 309. The first-order valence-electron chi connectivity index (χ1n) is 2.60. The van der Waals surface area contributed by atoms with Gasteiger partial charge in [0, 0.05) is 7.05 Å². The maximum Gasteiger partial charge on any atom is 0.328 e. The smallest absolute Gasteiger partial charge is 0.328 e. The molecule has 0 aliphatic rings. The van der Waals surface area contributed by atoms with E-state index in [-0.39, 0.29) is 11.6 Å². The van der Waals surface area contributed by atoms with E-state index < -0.39 is 5.69 Å². The van der Waals surface area contributed by atoms with E-state index in [0.717, 1.165) is 4.57 Å². The summed E-state index contributed by atoms with van der Waals surface area (Å²) >= 11 is 0. The van der Waals surface area contributed by atoms with Crippen molar-refractivity contribution in [3.05, 3.63) is 16.2 Å². The normalized spacial score (nSPS) is 9.70. The van der Waals surface area contributed by atoms with E-state index in [4.69, 9.17) is 5.11 Å². The van der Waals surface area contributed by atoms with Crippen LogP contribution >= 0.6 is 0 Å². The Balaban J connectivity index is 3.48. The van der Waals surface area contributed by atoms with Gasteiger partial charge in [0.25, 0.3) is 0 Å². The van der Waals surface area contributed by atoms with E-state index in [2.05, 4.69) is 4.98 Å². The molecule has 0 amide bonds. The summed E-state index contributed by atoms with van der Waals surface area (Å²) in [6.07, 6.45) is 0.410. The summed E-state index contributed by atoms with van der Waals surface area (Å²) < 4.78 is 1.03. The molecule has 0 saturated carbocycles. The number of aromatic amines is 1. The van der Waals surface area contributed by atoms with Gasteiger partial charge in [-0.05, 0) is 0 Å². The number of nitrogens with one attached hydrogen (secondary N) is 1. The molecule has 54 valence electrons. The third kappa shape index (κ3) is 0.717. The fourth-order valence-electron chi connectivity index (χ4n) is 0.652. The minimum atomic E-state index is -0.500. The Kier molecular flexibility index (Phi) is 1.33. The maximum atomic E-state index is 10.6. The fraction of sp³-hybridized carbons (Fsp3) is 0.200. The van der Waals surface area contributed by atoms with Crippen LogP contribution in [0.25, 0.3) is 0 Å². The minimum absolute atomic E-state index is 0.0370. The molecule has 1 aromatic rings. The Morgan fingerprint density at radius 2 is 2.30 bits per heavy atom. The number of rotatable bonds is 1. The quantitative estimate of drug-likeness (QED) is 0.505. The molecule has 0 fully saturated rings. The van der Waals surface area contributed by atoms with Crippen molar-refractivity contribution < 1.29 is 9.90 Å². The van der Waals surface area contributed by atoms with Crippen molar-refractivity contribution in [1.29, 1.82) is 0 Å². The van der Waals surface area contributed by atoms with E-state index in [0.29, 0.717) is 6.29 Å². The van der Waals surface area contributed by atoms with Gasteiger partial charge in [-0.1, -0.05) is 0 Å². The standard InChI is InChI=1S/C5H6N2O3/c1-7-3(2-8)4(9)6-5(7)10/h2,9H,1H3,(H,6,10). The second-order valence-corrected chi connectivity index (χ2v) is 1.84. The number of imidazole rings is 1. The van der Waals surface area contributed by atoms with Crippen LogP contribution in [0.2, 0.25) is 0 Å². The van der Waals surface area contributed by atoms with Crippen molar-refractivity contribution in [2.45, 2.75) is 0 Å². The predicted octanol–water partition coefficient (Wildman–Crippen LogP) is -0.769. The monoisotopic (exact) mass is 142 g/mol. The van der Waals surface area contributed by atoms with Crippen molar-refractivity contribution in [3.63, 3.8) is 0 Å². The van der Waals surface area contributed by atoms with Gasteiger partial charge in [0.2, 0.25) is 5.88 Å². The first kappa shape index (κ1) is 6.60. The molecule has 5 nitrogen and oxygen atoms in total. The number of carbonyl (C=O) groups is 1. The summed E-state index contributed by atoms with van der Waals surface area (Å²) in [5.41, 5.74) is -0.537. The molecule has 1 heterocycles. The number of carbonyl (C=O) groups excluding carboxylic acids is 1. The van der Waals surface area contributed by atoms with Crippen LogP contribution in [-0.4, -0.2) is 20.9 Å². The van der Waals surface area contributed by atoms with Crippen molar-refractivity contribution in [3.8, 4) is 5.88 Å². The van der Waals surface area contributed by atoms with Crippen LogP contribution in [0, 0.1) is 0 Å². The molecule has 0 spiro atoms. The highest BCUT2D eigenvalue weighted by atomic mass is 16.3. The maximum absolute atomic E-state index is 10.6. The average Bonchev–Trinajstić information content (AvgIpc) is 2.09. The number of hydrogen-bond acceptors (Lipinski definition) is 3. The summed E-state index contributed by atoms with van der Waals surface area (Å²) in [7, 11) is 1.39. The minimum Gasteiger partial charge on any atom is -0.493 e. The largest absolute Gasteiger partial charge is 0.493 e. The number of aromatic nitrogens is 2. The lowest BCUT2D eigenvalue weighted by Crippen LogP contribution is -2.14. The summed E-state index contributed by atoms with van der Waals surface area (Å²) in [6.45, 7) is 0. The number of nitrogens with zero attached hydrogens (tertiary/aromatic N) is 1. The van der Waals surface area contributed by atoms with Crippen LogP contribution in [0.15, 0.2) is 4.79 Å². The molecule has 0 unspecified atom stereocenters. The summed E-state index contributed by atoms with van der Waals surface area (Å²) in [6, 6.07) is 0. The highest BCUT2D eigenvalue weighted by Gasteiger charge is 2.07. The van der Waals surface area contributed by atoms with E-state index in [1.807, 2.05) is 0 Å². The Hall–Kier alpha value is -1.52. The van der Waals surface area contributed by atoms with Crippen LogP contribution in [0.1, 0.15) is 10.5 Å². The molecule has 0 radical (unpaired) electrons. The van der Waals surface area contributed by atoms with Gasteiger partial charge >= 0.3 is 5.69 Å². The van der Waals surface area contributed by atoms with Gasteiger partial charge in [-0.25, -0.2) is 4.79 Å². The van der Waals surface area contributed by atoms with Crippen molar-refractivity contribution in [2.75, 3.05) is 0 Å². The summed E-state index contributed by atoms with van der Waals surface area (Å²) in [5.74, 6) is -0.387. The molecule has 10 heavy (non-hydrogen) atoms. The predicted molar refractivity (Wildman–Crippen MR) is 33.1 cm³/mol. The molecule has 1 aromatic heterocycles. The van der Waals surface area contributed by atoms with Gasteiger partial charge in [0.15, 0.2) is 6.29 Å². The number of aromatic hydroxyl groups is 1. The number of aldehydes is 1. The topological polar surface area (TPSA) is 75.1 Å². The van der Waals surface area contributed by atoms with Crippen LogP contribution in [0.3, 0.4) is 0 Å². The second-order valence-electron chi connectivity index (χ2n) is 1.84. The fourth-order valence-corrected chi connectivity index (χ4v) is 0.652. The lowest BCUT2D eigenvalue weighted by Gasteiger charge is -1.87. The van der Waals surface area contributed by atoms with Crippen molar-refractivity contribution in [2.24, 2.45) is 7.05 Å². The molecule has 0 aliphatic heterocycles. The lowest BCUT2D eigenvalue weighted by atomic mass is 10.5. The lowest BCUT2D eigenvalue weighted by molar-refractivity contribution is 0.111. The molecule has 0 saturated heterocycles. The number of H-pyrrole nitrogens is 1. The van der Waals surface area contributed by atoms with Gasteiger partial charge in [-0.3, -0.25) is 14.3 Å². The number of hydrogen-bond donors (Lipinski definition) is 2. The molecule has 0 atom stereocenters. The van der Waals surface area contributed by atoms with E-state index in [9.17, 15) is 9.59 Å². The molecular formula is C5H6N2O3. The van der Waals surface area contributed by atoms with E-state index in [1.54, 1.807) is 0 Å². The van der Waals surface area contributed by atoms with Gasteiger partial charge in [0.05, 0.1) is 0 Å². The average molecular weight is 142 g/mol. The summed E-state index contributed by atoms with van der Waals surface area (Å²) in [4.78, 5) is 22.8. The zero-order chi connectivity index (χ0) is 7.72. The molecule has 0 aliphatic carbocycles. The molecule has 0 bridgehead atoms. The van der Waals surface area contributed by atoms with Crippen LogP contribution in [0.4, 0.5) is 0 Å². The molecule has 1 rings (SSSR count). The zero-order valence-electron chi connectivity index (χ0n) is 5.29. The first-order chi connectivity index (χ1) is 4.66. The van der Waals surface area contributed by atoms with Crippen LogP contribution in [-0.2, 0) is 7.05 Å². The van der Waals surface area contributed by atoms with Gasteiger partial charge in [-0.2, -0.15) is 0 Å². The second kappa shape index (κ2) is 2.02. The molecule has 5 heteroatoms. The molecule has 2 N–H and O–H groups in total. The highest BCUT2D eigenvalue weighted by Crippen LogP contribution is 2.04. The van der Waals surface area contributed by atoms with Crippen LogP contribution in [0.5, 0.6) is 5.88 Å². The third-order valence-electron chi connectivity index (χ3n) is 1.25. The Labute approximate surface area is 55.9 Å². The first-order valence-corrected chi connectivity index (χ1v) is 2.60. The van der Waals surface area contributed by atoms with Crippen molar-refractivity contribution in [1.82, 2.24) is 9.55 Å². The Morgan fingerprint density at radius 3 is 2.50 bits per heavy atom. The highest BCUT2D eigenvalue weighted by molar-refractivity contribution is 5.75. The Morgan fingerprint density at radius 1 is 1.70 bits per heavy atom. The van der Waals surface area contributed by atoms with E-state index >= 15 is 0 Å². The van der Waals surface area contributed by atoms with Gasteiger partial charge in [0.1, 0.15) is 5.69 Å². The third-order valence-corrected chi connectivity index (χ3v) is 1.25. The SMILES string of the molecule is Cn1c(C=O)c(O)[nH]c1=O. The summed E-state index contributed by atoms with van der Waals surface area (Å²) in [5, 5.41) is 8.80. The molecular weight excluding hydrogens is 136 g/mol. The van der Waals surface area contributed by atoms with Crippen LogP contribution < -0.4 is 5.69 Å². The molecule has 0 aromatic carbocycles. The van der Waals surface area contributed by atoms with E-state index in [1.165, 1.54) is 7.05 Å². The van der Waals surface area contributed by atoms with Gasteiger partial charge < -0.3 is 5.11 Å². The van der Waals surface area contributed by atoms with Crippen molar-refractivity contribution >= 4 is 6.29 Å².